The maximum Gasteiger partial charge on any atom is 0.337 e. The number of anilines is 1. The molecule has 1 aliphatic heterocycles. The van der Waals surface area contributed by atoms with Crippen molar-refractivity contribution in [1.82, 2.24) is 4.31 Å². The zero-order chi connectivity index (χ0) is 20.1. The van der Waals surface area contributed by atoms with Crippen LogP contribution in [0.1, 0.15) is 39.1 Å². The summed E-state index contributed by atoms with van der Waals surface area (Å²) < 4.78 is 30.9. The van der Waals surface area contributed by atoms with Crippen LogP contribution in [0.15, 0.2) is 48.5 Å². The van der Waals surface area contributed by atoms with E-state index in [4.69, 9.17) is 0 Å². The van der Waals surface area contributed by atoms with Gasteiger partial charge in [0.2, 0.25) is 10.0 Å². The Labute approximate surface area is 164 Å². The molecular weight excluding hydrogens is 380 g/mol. The summed E-state index contributed by atoms with van der Waals surface area (Å²) in [7, 11) is -2.03. The van der Waals surface area contributed by atoms with E-state index in [-0.39, 0.29) is 11.7 Å². The predicted octanol–water partition coefficient (Wildman–Crippen LogP) is 2.65. The minimum atomic E-state index is -3.32. The van der Waals surface area contributed by atoms with Crippen LogP contribution in [0, 0.1) is 0 Å². The molecule has 1 fully saturated rings. The summed E-state index contributed by atoms with van der Waals surface area (Å²) in [6.45, 7) is 1.15. The van der Waals surface area contributed by atoms with Crippen molar-refractivity contribution in [2.75, 3.05) is 25.5 Å². The van der Waals surface area contributed by atoms with E-state index in [1.54, 1.807) is 42.5 Å². The number of rotatable bonds is 6. The van der Waals surface area contributed by atoms with Gasteiger partial charge in [0.15, 0.2) is 0 Å². The number of nitrogens with zero attached hydrogens (tertiary/aromatic N) is 1. The monoisotopic (exact) mass is 402 g/mol. The van der Waals surface area contributed by atoms with Gasteiger partial charge >= 0.3 is 5.97 Å². The fraction of sp³-hybridized carbons (Fsp3) is 0.300. The highest BCUT2D eigenvalue weighted by Crippen LogP contribution is 2.18. The number of ether oxygens (including phenoxy) is 1. The van der Waals surface area contributed by atoms with Gasteiger partial charge in [-0.05, 0) is 48.7 Å². The van der Waals surface area contributed by atoms with Gasteiger partial charge in [0, 0.05) is 24.3 Å². The van der Waals surface area contributed by atoms with Gasteiger partial charge in [-0.2, -0.15) is 0 Å². The van der Waals surface area contributed by atoms with Gasteiger partial charge in [0.1, 0.15) is 0 Å². The van der Waals surface area contributed by atoms with Crippen molar-refractivity contribution in [1.29, 1.82) is 0 Å². The van der Waals surface area contributed by atoms with E-state index in [2.05, 4.69) is 10.1 Å². The number of amides is 1. The van der Waals surface area contributed by atoms with Gasteiger partial charge in [0.05, 0.1) is 18.4 Å². The molecule has 0 aromatic heterocycles. The van der Waals surface area contributed by atoms with Crippen LogP contribution >= 0.6 is 0 Å². The van der Waals surface area contributed by atoms with E-state index < -0.39 is 16.0 Å². The zero-order valence-electron chi connectivity index (χ0n) is 15.6. The molecule has 1 aliphatic rings. The van der Waals surface area contributed by atoms with Gasteiger partial charge in [-0.3, -0.25) is 4.79 Å². The van der Waals surface area contributed by atoms with Crippen LogP contribution in [-0.2, 0) is 20.5 Å². The topological polar surface area (TPSA) is 92.8 Å². The molecule has 1 N–H and O–H groups in total. The molecule has 8 heteroatoms. The number of sulfonamides is 1. The average Bonchev–Trinajstić information content (AvgIpc) is 3.24. The first-order chi connectivity index (χ1) is 13.4. The lowest BCUT2D eigenvalue weighted by Gasteiger charge is -2.15. The Balaban J connectivity index is 1.66. The molecule has 0 unspecified atom stereocenters. The Morgan fingerprint density at radius 1 is 1.04 bits per heavy atom. The highest BCUT2D eigenvalue weighted by molar-refractivity contribution is 7.88. The number of carbonyl (C=O) groups excluding carboxylic acids is 2. The summed E-state index contributed by atoms with van der Waals surface area (Å²) >= 11 is 0. The van der Waals surface area contributed by atoms with E-state index in [0.717, 1.165) is 12.8 Å². The van der Waals surface area contributed by atoms with Crippen LogP contribution in [0.3, 0.4) is 0 Å². The van der Waals surface area contributed by atoms with E-state index in [1.165, 1.54) is 17.5 Å². The second-order valence-electron chi connectivity index (χ2n) is 6.59. The van der Waals surface area contributed by atoms with E-state index in [9.17, 15) is 18.0 Å². The van der Waals surface area contributed by atoms with Crippen molar-refractivity contribution in [2.24, 2.45) is 0 Å². The van der Waals surface area contributed by atoms with Crippen LogP contribution in [0.25, 0.3) is 0 Å². The molecule has 1 saturated heterocycles. The fourth-order valence-electron chi connectivity index (χ4n) is 3.07. The molecule has 3 rings (SSSR count). The van der Waals surface area contributed by atoms with Crippen LogP contribution in [0.4, 0.5) is 5.69 Å². The molecule has 28 heavy (non-hydrogen) atoms. The number of methoxy groups -OCH3 is 1. The predicted molar refractivity (Wildman–Crippen MR) is 106 cm³/mol. The second-order valence-corrected chi connectivity index (χ2v) is 8.55. The van der Waals surface area contributed by atoms with Crippen molar-refractivity contribution in [2.45, 2.75) is 18.6 Å². The van der Waals surface area contributed by atoms with Crippen molar-refractivity contribution in [3.63, 3.8) is 0 Å². The summed E-state index contributed by atoms with van der Waals surface area (Å²) in [5, 5.41) is 2.72. The summed E-state index contributed by atoms with van der Waals surface area (Å²) in [6, 6.07) is 12.9. The third kappa shape index (κ3) is 4.76. The quantitative estimate of drug-likeness (QED) is 0.750. The summed E-state index contributed by atoms with van der Waals surface area (Å²) in [5.41, 5.74) is 1.83. The Morgan fingerprint density at radius 2 is 1.71 bits per heavy atom. The molecule has 0 aliphatic carbocycles. The average molecular weight is 402 g/mol. The van der Waals surface area contributed by atoms with E-state index >= 15 is 0 Å². The second kappa shape index (κ2) is 8.53. The van der Waals surface area contributed by atoms with Gasteiger partial charge < -0.3 is 10.1 Å². The lowest BCUT2D eigenvalue weighted by Crippen LogP contribution is -2.29. The lowest BCUT2D eigenvalue weighted by atomic mass is 10.1. The molecule has 2 aromatic rings. The Morgan fingerprint density at radius 3 is 2.36 bits per heavy atom. The molecule has 148 valence electrons. The van der Waals surface area contributed by atoms with Gasteiger partial charge in [-0.15, -0.1) is 0 Å². The lowest BCUT2D eigenvalue weighted by molar-refractivity contribution is 0.0600. The molecule has 0 bridgehead atoms. The van der Waals surface area contributed by atoms with Gasteiger partial charge in [0.25, 0.3) is 5.91 Å². The minimum absolute atomic E-state index is 0.0733. The third-order valence-electron chi connectivity index (χ3n) is 4.57. The maximum atomic E-state index is 12.4. The van der Waals surface area contributed by atoms with Crippen LogP contribution < -0.4 is 5.32 Å². The first-order valence-electron chi connectivity index (χ1n) is 8.95. The van der Waals surface area contributed by atoms with E-state index in [0.29, 0.717) is 35.5 Å². The summed E-state index contributed by atoms with van der Waals surface area (Å²) in [4.78, 5) is 24.0. The van der Waals surface area contributed by atoms with Gasteiger partial charge in [-0.25, -0.2) is 17.5 Å². The number of benzene rings is 2. The first-order valence-corrected chi connectivity index (χ1v) is 10.6. The third-order valence-corrected chi connectivity index (χ3v) is 6.42. The smallest absolute Gasteiger partial charge is 0.337 e. The standard InChI is InChI=1S/C20H22N2O5S/c1-27-20(24)17-5-4-6-18(13-17)21-19(23)16-9-7-15(8-10-16)14-28(25,26)22-11-2-3-12-22/h4-10,13H,2-3,11-12,14H2,1H3,(H,21,23). The number of esters is 1. The number of nitrogens with one attached hydrogen (secondary N) is 1. The molecule has 7 nitrogen and oxygen atoms in total. The van der Waals surface area contributed by atoms with Crippen molar-refractivity contribution in [3.8, 4) is 0 Å². The Hall–Kier alpha value is -2.71. The molecule has 0 spiro atoms. The van der Waals surface area contributed by atoms with Crippen molar-refractivity contribution < 1.29 is 22.7 Å². The van der Waals surface area contributed by atoms with Crippen molar-refractivity contribution >= 4 is 27.6 Å². The summed E-state index contributed by atoms with van der Waals surface area (Å²) in [5.74, 6) is -0.911. The normalized spacial score (nSPS) is 14.6. The van der Waals surface area contributed by atoms with Crippen LogP contribution in [0.2, 0.25) is 0 Å². The molecule has 2 aromatic carbocycles. The number of carbonyl (C=O) groups is 2. The van der Waals surface area contributed by atoms with E-state index in [1.807, 2.05) is 0 Å². The Kier molecular flexibility index (Phi) is 6.11. The number of hydrogen-bond donors (Lipinski definition) is 1. The molecule has 1 heterocycles. The molecule has 1 amide bonds. The number of hydrogen-bond acceptors (Lipinski definition) is 5. The highest BCUT2D eigenvalue weighted by Gasteiger charge is 2.25. The molecule has 0 radical (unpaired) electrons. The maximum absolute atomic E-state index is 12.4. The minimum Gasteiger partial charge on any atom is -0.465 e. The van der Waals surface area contributed by atoms with Gasteiger partial charge in [-0.1, -0.05) is 18.2 Å². The molecule has 0 atom stereocenters. The molecule has 0 saturated carbocycles. The van der Waals surface area contributed by atoms with Crippen LogP contribution in [0.5, 0.6) is 0 Å². The Bertz CT molecular complexity index is 964. The largest absolute Gasteiger partial charge is 0.465 e. The van der Waals surface area contributed by atoms with Crippen LogP contribution in [-0.4, -0.2) is 44.8 Å². The first kappa shape index (κ1) is 20.0. The zero-order valence-corrected chi connectivity index (χ0v) is 16.4. The fourth-order valence-corrected chi connectivity index (χ4v) is 4.68. The molecular formula is C20H22N2O5S. The highest BCUT2D eigenvalue weighted by atomic mass is 32.2. The summed E-state index contributed by atoms with van der Waals surface area (Å²) in [6.07, 6.45) is 1.80. The SMILES string of the molecule is COC(=O)c1cccc(NC(=O)c2ccc(CS(=O)(=O)N3CCCC3)cc2)c1. The van der Waals surface area contributed by atoms with Crippen molar-refractivity contribution in [3.05, 3.63) is 65.2 Å².